The molecule has 1 amide bonds. The fraction of sp³-hybridized carbons (Fsp3) is 0.421. The summed E-state index contributed by atoms with van der Waals surface area (Å²) in [5, 5.41) is 4.87. The Morgan fingerprint density at radius 1 is 1.19 bits per heavy atom. The molecule has 0 unspecified atom stereocenters. The molecule has 1 N–H and O–H groups in total. The highest BCUT2D eigenvalue weighted by molar-refractivity contribution is 7.91. The number of rotatable bonds is 4. The second-order valence-electron chi connectivity index (χ2n) is 6.87. The van der Waals surface area contributed by atoms with Crippen LogP contribution in [0.25, 0.3) is 0 Å². The normalized spacial score (nSPS) is 23.3. The molecule has 0 radical (unpaired) electrons. The number of sulfonamides is 1. The Morgan fingerprint density at radius 3 is 2.85 bits per heavy atom. The third-order valence-electron chi connectivity index (χ3n) is 5.12. The molecule has 1 saturated heterocycles. The van der Waals surface area contributed by atoms with Gasteiger partial charge in [-0.25, -0.2) is 8.42 Å². The van der Waals surface area contributed by atoms with Gasteiger partial charge in [0.2, 0.25) is 5.91 Å². The van der Waals surface area contributed by atoms with E-state index in [1.165, 1.54) is 15.6 Å². The van der Waals surface area contributed by atoms with Gasteiger partial charge in [0, 0.05) is 25.1 Å². The number of nitrogens with one attached hydrogen (secondary N) is 1. The molecule has 2 atom stereocenters. The molecule has 1 aromatic carbocycles. The molecule has 1 aromatic heterocycles. The van der Waals surface area contributed by atoms with Gasteiger partial charge >= 0.3 is 0 Å². The third kappa shape index (κ3) is 3.74. The quantitative estimate of drug-likeness (QED) is 0.847. The average molecular weight is 407 g/mol. The third-order valence-corrected chi connectivity index (χ3v) is 8.36. The Labute approximate surface area is 163 Å². The van der Waals surface area contributed by atoms with Gasteiger partial charge in [0.05, 0.1) is 18.6 Å². The summed E-state index contributed by atoms with van der Waals surface area (Å²) in [6.45, 7) is 1.26. The lowest BCUT2D eigenvalue weighted by molar-refractivity contribution is -0.127. The molecule has 2 aliphatic rings. The lowest BCUT2D eigenvalue weighted by atomic mass is 9.96. The number of benzene rings is 1. The Bertz CT molecular complexity index is 912. The van der Waals surface area contributed by atoms with Gasteiger partial charge in [-0.2, -0.15) is 4.31 Å². The van der Waals surface area contributed by atoms with Crippen LogP contribution in [0.4, 0.5) is 0 Å². The van der Waals surface area contributed by atoms with Crippen molar-refractivity contribution >= 4 is 27.3 Å². The highest BCUT2D eigenvalue weighted by Crippen LogP contribution is 2.32. The van der Waals surface area contributed by atoms with Gasteiger partial charge in [-0.1, -0.05) is 24.3 Å². The molecule has 0 aliphatic carbocycles. The van der Waals surface area contributed by atoms with Crippen LogP contribution in [0.1, 0.15) is 30.9 Å². The van der Waals surface area contributed by atoms with Crippen molar-refractivity contribution in [3.8, 4) is 5.75 Å². The number of hydrogen-bond donors (Lipinski definition) is 1. The molecular formula is C19H22N2O4S2. The minimum atomic E-state index is -3.52. The summed E-state index contributed by atoms with van der Waals surface area (Å²) < 4.78 is 32.9. The van der Waals surface area contributed by atoms with Gasteiger partial charge in [0.25, 0.3) is 10.0 Å². The zero-order valence-electron chi connectivity index (χ0n) is 14.8. The number of carbonyl (C=O) groups excluding carboxylic acids is 1. The first kappa shape index (κ1) is 18.5. The van der Waals surface area contributed by atoms with Crippen molar-refractivity contribution in [3.05, 3.63) is 47.3 Å². The first-order chi connectivity index (χ1) is 13.1. The summed E-state index contributed by atoms with van der Waals surface area (Å²) in [7, 11) is -3.52. The monoisotopic (exact) mass is 406 g/mol. The van der Waals surface area contributed by atoms with E-state index in [-0.39, 0.29) is 24.4 Å². The van der Waals surface area contributed by atoms with Crippen LogP contribution >= 0.6 is 11.3 Å². The van der Waals surface area contributed by atoms with Gasteiger partial charge in [0.1, 0.15) is 9.96 Å². The van der Waals surface area contributed by atoms with Crippen molar-refractivity contribution in [2.24, 2.45) is 5.92 Å². The number of para-hydroxylation sites is 1. The van der Waals surface area contributed by atoms with E-state index in [9.17, 15) is 13.2 Å². The predicted octanol–water partition coefficient (Wildman–Crippen LogP) is 2.79. The van der Waals surface area contributed by atoms with Crippen LogP contribution in [0.3, 0.4) is 0 Å². The second kappa shape index (κ2) is 7.61. The van der Waals surface area contributed by atoms with Crippen LogP contribution < -0.4 is 10.1 Å². The Morgan fingerprint density at radius 2 is 2.04 bits per heavy atom. The molecule has 27 heavy (non-hydrogen) atoms. The molecular weight excluding hydrogens is 384 g/mol. The van der Waals surface area contributed by atoms with Crippen molar-refractivity contribution in [2.75, 3.05) is 19.7 Å². The Balaban J connectivity index is 1.46. The van der Waals surface area contributed by atoms with Gasteiger partial charge < -0.3 is 10.1 Å². The number of amides is 1. The maximum absolute atomic E-state index is 12.9. The summed E-state index contributed by atoms with van der Waals surface area (Å²) in [5.74, 6) is 0.394. The average Bonchev–Trinajstić information content (AvgIpc) is 3.24. The van der Waals surface area contributed by atoms with Crippen LogP contribution in [0, 0.1) is 5.92 Å². The fourth-order valence-corrected chi connectivity index (χ4v) is 6.36. The van der Waals surface area contributed by atoms with E-state index < -0.39 is 10.0 Å². The molecule has 1 fully saturated rings. The first-order valence-electron chi connectivity index (χ1n) is 9.11. The van der Waals surface area contributed by atoms with E-state index in [1.54, 1.807) is 17.5 Å². The molecule has 4 rings (SSSR count). The van der Waals surface area contributed by atoms with E-state index in [1.807, 2.05) is 24.3 Å². The molecule has 3 heterocycles. The van der Waals surface area contributed by atoms with E-state index in [2.05, 4.69) is 5.32 Å². The number of hydrogen-bond acceptors (Lipinski definition) is 5. The van der Waals surface area contributed by atoms with E-state index in [4.69, 9.17) is 4.74 Å². The zero-order chi connectivity index (χ0) is 18.9. The van der Waals surface area contributed by atoms with Crippen molar-refractivity contribution in [1.82, 2.24) is 9.62 Å². The van der Waals surface area contributed by atoms with Crippen molar-refractivity contribution in [1.29, 1.82) is 0 Å². The summed E-state index contributed by atoms with van der Waals surface area (Å²) in [4.78, 5) is 12.9. The molecule has 2 aromatic rings. The van der Waals surface area contributed by atoms with Crippen molar-refractivity contribution < 1.29 is 17.9 Å². The lowest BCUT2D eigenvalue weighted by Gasteiger charge is -2.33. The van der Waals surface area contributed by atoms with Gasteiger partial charge in [0.15, 0.2) is 0 Å². The number of fused-ring (bicyclic) bond motifs is 1. The van der Waals surface area contributed by atoms with Crippen molar-refractivity contribution in [3.63, 3.8) is 0 Å². The van der Waals surface area contributed by atoms with Crippen LogP contribution in [0.15, 0.2) is 46.0 Å². The number of nitrogens with zero attached hydrogens (tertiary/aromatic N) is 1. The number of carbonyl (C=O) groups is 1. The SMILES string of the molecule is O=C(N[C@H]1CCOc2ccccc21)[C@@H]1CCCN(S(=O)(=O)c2cccs2)C1. The zero-order valence-corrected chi connectivity index (χ0v) is 16.5. The van der Waals surface area contributed by atoms with E-state index >= 15 is 0 Å². The van der Waals surface area contributed by atoms with Gasteiger partial charge in [-0.05, 0) is 30.4 Å². The second-order valence-corrected chi connectivity index (χ2v) is 9.98. The Kier molecular flexibility index (Phi) is 5.21. The predicted molar refractivity (Wildman–Crippen MR) is 103 cm³/mol. The molecule has 2 aliphatic heterocycles. The molecule has 8 heteroatoms. The first-order valence-corrected chi connectivity index (χ1v) is 11.4. The maximum atomic E-state index is 12.9. The largest absolute Gasteiger partial charge is 0.493 e. The standard InChI is InChI=1S/C19H22N2O4S2/c22-19(20-16-9-11-25-17-7-2-1-6-15(16)17)14-5-3-10-21(13-14)27(23,24)18-8-4-12-26-18/h1-2,4,6-8,12,14,16H,3,5,9-11,13H2,(H,20,22)/t14-,16+/m1/s1. The number of ether oxygens (including phenoxy) is 1. The topological polar surface area (TPSA) is 75.7 Å². The fourth-order valence-electron chi connectivity index (χ4n) is 3.69. The van der Waals surface area contributed by atoms with Crippen molar-refractivity contribution in [2.45, 2.75) is 29.5 Å². The molecule has 0 spiro atoms. The summed E-state index contributed by atoms with van der Waals surface area (Å²) in [5.41, 5.74) is 0.982. The van der Waals surface area contributed by atoms with Crippen LogP contribution in [0.2, 0.25) is 0 Å². The van der Waals surface area contributed by atoms with Crippen LogP contribution in [-0.2, 0) is 14.8 Å². The minimum absolute atomic E-state index is 0.0808. The Hall–Kier alpha value is -1.90. The maximum Gasteiger partial charge on any atom is 0.252 e. The smallest absolute Gasteiger partial charge is 0.252 e. The summed E-state index contributed by atoms with van der Waals surface area (Å²) in [6, 6.07) is 11.0. The van der Waals surface area contributed by atoms with Gasteiger partial charge in [-0.3, -0.25) is 4.79 Å². The molecule has 0 bridgehead atoms. The van der Waals surface area contributed by atoms with Gasteiger partial charge in [-0.15, -0.1) is 11.3 Å². The van der Waals surface area contributed by atoms with E-state index in [0.717, 1.165) is 11.3 Å². The van der Waals surface area contributed by atoms with Crippen LogP contribution in [0.5, 0.6) is 5.75 Å². The molecule has 0 saturated carbocycles. The molecule has 144 valence electrons. The summed E-state index contributed by atoms with van der Waals surface area (Å²) >= 11 is 1.21. The lowest BCUT2D eigenvalue weighted by Crippen LogP contribution is -2.46. The van der Waals surface area contributed by atoms with E-state index in [0.29, 0.717) is 36.6 Å². The number of piperidine rings is 1. The highest BCUT2D eigenvalue weighted by atomic mass is 32.2. The highest BCUT2D eigenvalue weighted by Gasteiger charge is 2.35. The summed E-state index contributed by atoms with van der Waals surface area (Å²) in [6.07, 6.45) is 2.10. The minimum Gasteiger partial charge on any atom is -0.493 e. The molecule has 6 nitrogen and oxygen atoms in total. The van der Waals surface area contributed by atoms with Crippen LogP contribution in [-0.4, -0.2) is 38.3 Å². The number of thiophene rings is 1.